The number of nitrogens with two attached hydrogens (primary N) is 1. The predicted molar refractivity (Wildman–Crippen MR) is 128 cm³/mol. The predicted octanol–water partition coefficient (Wildman–Crippen LogP) is 2.54. The van der Waals surface area contributed by atoms with Crippen LogP contribution in [0.1, 0.15) is 48.9 Å². The molecule has 8 nitrogen and oxygen atoms in total. The highest BCUT2D eigenvalue weighted by atomic mass is 35.5. The highest BCUT2D eigenvalue weighted by molar-refractivity contribution is 6.33. The second-order valence-electron chi connectivity index (χ2n) is 9.39. The quantitative estimate of drug-likeness (QED) is 0.610. The van der Waals surface area contributed by atoms with Gasteiger partial charge >= 0.3 is 0 Å². The minimum absolute atomic E-state index is 0.126. The van der Waals surface area contributed by atoms with Crippen LogP contribution in [0, 0.1) is 5.92 Å². The van der Waals surface area contributed by atoms with Crippen LogP contribution < -0.4 is 15.8 Å². The van der Waals surface area contributed by atoms with Gasteiger partial charge in [-0.3, -0.25) is 9.59 Å². The molecule has 0 bridgehead atoms. The maximum Gasteiger partial charge on any atom is 0.255 e. The van der Waals surface area contributed by atoms with Crippen LogP contribution in [0.15, 0.2) is 12.1 Å². The normalized spacial score (nSPS) is 23.0. The van der Waals surface area contributed by atoms with Gasteiger partial charge in [-0.2, -0.15) is 0 Å². The lowest BCUT2D eigenvalue weighted by Crippen LogP contribution is -2.48. The third-order valence-electron chi connectivity index (χ3n) is 7.13. The number of nitrogens with one attached hydrogen (secondary N) is 1. The Labute approximate surface area is 200 Å². The van der Waals surface area contributed by atoms with Crippen LogP contribution in [0.3, 0.4) is 0 Å². The first kappa shape index (κ1) is 24.1. The highest BCUT2D eigenvalue weighted by Crippen LogP contribution is 2.29. The largest absolute Gasteiger partial charge is 0.496 e. The number of likely N-dealkylation sites (tertiary alicyclic amines) is 2. The van der Waals surface area contributed by atoms with Gasteiger partial charge in [-0.25, -0.2) is 0 Å². The minimum Gasteiger partial charge on any atom is -0.496 e. The van der Waals surface area contributed by atoms with Crippen molar-refractivity contribution in [3.8, 4) is 5.75 Å². The number of hydrogen-bond acceptors (Lipinski definition) is 6. The van der Waals surface area contributed by atoms with E-state index < -0.39 is 0 Å². The van der Waals surface area contributed by atoms with Crippen LogP contribution in [0.2, 0.25) is 5.02 Å². The summed E-state index contributed by atoms with van der Waals surface area (Å²) in [4.78, 5) is 29.8. The Bertz CT molecular complexity index is 845. The van der Waals surface area contributed by atoms with Crippen molar-refractivity contribution in [3.05, 3.63) is 22.7 Å². The van der Waals surface area contributed by atoms with E-state index in [2.05, 4.69) is 10.2 Å². The number of carbonyl (C=O) groups excluding carboxylic acids is 2. The zero-order valence-electron chi connectivity index (χ0n) is 19.4. The number of hydrogen-bond donors (Lipinski definition) is 2. The summed E-state index contributed by atoms with van der Waals surface area (Å²) >= 11 is 6.11. The fourth-order valence-electron chi connectivity index (χ4n) is 5.12. The molecule has 182 valence electrons. The monoisotopic (exact) mass is 478 g/mol. The summed E-state index contributed by atoms with van der Waals surface area (Å²) in [6.45, 7) is 5.36. The zero-order chi connectivity index (χ0) is 23.4. The second kappa shape index (κ2) is 10.9. The number of amides is 2. The Kier molecular flexibility index (Phi) is 7.98. The molecule has 4 rings (SSSR count). The molecule has 3 saturated heterocycles. The van der Waals surface area contributed by atoms with Crippen LogP contribution in [0.5, 0.6) is 5.75 Å². The van der Waals surface area contributed by atoms with Crippen LogP contribution in [-0.2, 0) is 9.53 Å². The zero-order valence-corrected chi connectivity index (χ0v) is 20.1. The van der Waals surface area contributed by atoms with Crippen molar-refractivity contribution >= 4 is 29.1 Å². The Hall–Kier alpha value is -2.03. The number of halogens is 1. The third-order valence-corrected chi connectivity index (χ3v) is 7.46. The molecule has 0 aliphatic carbocycles. The van der Waals surface area contributed by atoms with E-state index >= 15 is 0 Å². The Morgan fingerprint density at radius 1 is 1.15 bits per heavy atom. The lowest BCUT2D eigenvalue weighted by molar-refractivity contribution is -0.142. The molecular weight excluding hydrogens is 444 g/mol. The fraction of sp³-hybridized carbons (Fsp3) is 0.667. The molecule has 1 unspecified atom stereocenters. The number of carbonyl (C=O) groups is 2. The van der Waals surface area contributed by atoms with E-state index in [4.69, 9.17) is 26.8 Å². The molecule has 3 aliphatic rings. The summed E-state index contributed by atoms with van der Waals surface area (Å²) in [5, 5.41) is 3.47. The molecule has 3 aliphatic heterocycles. The molecule has 0 saturated carbocycles. The molecule has 0 aromatic heterocycles. The van der Waals surface area contributed by atoms with Crippen molar-refractivity contribution in [1.29, 1.82) is 0 Å². The standard InChI is InChI=1S/C24H35ClN4O4/c1-32-22-14-20(26)19(25)13-18(22)23(30)27-17-6-8-28(9-7-17)15-16-4-10-29(11-5-16)24(31)21-3-2-12-33-21/h13-14,16-17,21H,2-12,15,26H2,1H3,(H,27,30). The van der Waals surface area contributed by atoms with Crippen molar-refractivity contribution in [2.45, 2.75) is 50.7 Å². The van der Waals surface area contributed by atoms with Crippen molar-refractivity contribution < 1.29 is 19.1 Å². The topological polar surface area (TPSA) is 97.1 Å². The summed E-state index contributed by atoms with van der Waals surface area (Å²) in [7, 11) is 1.51. The number of benzene rings is 1. The fourth-order valence-corrected chi connectivity index (χ4v) is 5.28. The van der Waals surface area contributed by atoms with Gasteiger partial charge in [0.1, 0.15) is 11.9 Å². The molecule has 1 aromatic rings. The number of anilines is 1. The van der Waals surface area contributed by atoms with Gasteiger partial charge < -0.3 is 30.3 Å². The first-order valence-corrected chi connectivity index (χ1v) is 12.4. The number of methoxy groups -OCH3 is 1. The number of rotatable bonds is 6. The van der Waals surface area contributed by atoms with E-state index in [0.717, 1.165) is 71.2 Å². The van der Waals surface area contributed by atoms with Crippen molar-refractivity contribution in [2.75, 3.05) is 52.2 Å². The van der Waals surface area contributed by atoms with E-state index in [1.54, 1.807) is 12.1 Å². The SMILES string of the molecule is COc1cc(N)c(Cl)cc1C(=O)NC1CCN(CC2CCN(C(=O)C3CCCO3)CC2)CC1. The van der Waals surface area contributed by atoms with E-state index in [9.17, 15) is 9.59 Å². The molecule has 1 atom stereocenters. The van der Waals surface area contributed by atoms with Gasteiger partial charge in [0, 0.05) is 51.4 Å². The maximum absolute atomic E-state index is 12.8. The van der Waals surface area contributed by atoms with Gasteiger partial charge in [0.2, 0.25) is 0 Å². The first-order chi connectivity index (χ1) is 15.9. The average Bonchev–Trinajstić information content (AvgIpc) is 3.37. The number of nitrogens with zero attached hydrogens (tertiary/aromatic N) is 2. The van der Waals surface area contributed by atoms with Gasteiger partial charge in [0.15, 0.2) is 0 Å². The van der Waals surface area contributed by atoms with Crippen molar-refractivity contribution in [2.24, 2.45) is 5.92 Å². The molecule has 0 spiro atoms. The van der Waals surface area contributed by atoms with Crippen molar-refractivity contribution in [1.82, 2.24) is 15.1 Å². The van der Waals surface area contributed by atoms with E-state index in [-0.39, 0.29) is 24.0 Å². The van der Waals surface area contributed by atoms with E-state index in [0.29, 0.717) is 34.5 Å². The number of nitrogen functional groups attached to an aromatic ring is 1. The Morgan fingerprint density at radius 3 is 2.52 bits per heavy atom. The van der Waals surface area contributed by atoms with Gasteiger partial charge in [0.05, 0.1) is 23.4 Å². The molecule has 1 aromatic carbocycles. The van der Waals surface area contributed by atoms with Crippen LogP contribution in [0.4, 0.5) is 5.69 Å². The Morgan fingerprint density at radius 2 is 1.88 bits per heavy atom. The van der Waals surface area contributed by atoms with Crippen LogP contribution in [-0.4, -0.2) is 80.2 Å². The molecule has 0 radical (unpaired) electrons. The summed E-state index contributed by atoms with van der Waals surface area (Å²) < 4.78 is 10.9. The average molecular weight is 479 g/mol. The summed E-state index contributed by atoms with van der Waals surface area (Å²) in [6, 6.07) is 3.27. The summed E-state index contributed by atoms with van der Waals surface area (Å²) in [6.07, 6.45) is 5.56. The van der Waals surface area contributed by atoms with Gasteiger partial charge in [0.25, 0.3) is 11.8 Å². The molecule has 3 N–H and O–H groups in total. The smallest absolute Gasteiger partial charge is 0.255 e. The first-order valence-electron chi connectivity index (χ1n) is 12.0. The molecule has 9 heteroatoms. The second-order valence-corrected chi connectivity index (χ2v) is 9.80. The van der Waals surface area contributed by atoms with Gasteiger partial charge in [-0.15, -0.1) is 0 Å². The molecule has 33 heavy (non-hydrogen) atoms. The molecule has 2 amide bonds. The Balaban J connectivity index is 1.19. The summed E-state index contributed by atoms with van der Waals surface area (Å²) in [5.74, 6) is 1.04. The van der Waals surface area contributed by atoms with Crippen LogP contribution in [0.25, 0.3) is 0 Å². The number of ether oxygens (including phenoxy) is 2. The van der Waals surface area contributed by atoms with E-state index in [1.807, 2.05) is 4.90 Å². The minimum atomic E-state index is -0.208. The number of piperidine rings is 2. The highest BCUT2D eigenvalue weighted by Gasteiger charge is 2.32. The maximum atomic E-state index is 12.8. The van der Waals surface area contributed by atoms with E-state index in [1.165, 1.54) is 7.11 Å². The lowest BCUT2D eigenvalue weighted by atomic mass is 9.94. The molecular formula is C24H35ClN4O4. The van der Waals surface area contributed by atoms with Crippen LogP contribution >= 0.6 is 11.6 Å². The lowest BCUT2D eigenvalue weighted by Gasteiger charge is -2.38. The molecule has 3 heterocycles. The molecule has 3 fully saturated rings. The summed E-state index contributed by atoms with van der Waals surface area (Å²) in [5.41, 5.74) is 6.61. The third kappa shape index (κ3) is 5.91. The van der Waals surface area contributed by atoms with Gasteiger partial charge in [-0.1, -0.05) is 11.6 Å². The van der Waals surface area contributed by atoms with Crippen molar-refractivity contribution in [3.63, 3.8) is 0 Å². The van der Waals surface area contributed by atoms with Gasteiger partial charge in [-0.05, 0) is 50.5 Å².